The molecule has 0 aliphatic carbocycles. The van der Waals surface area contributed by atoms with Crippen molar-refractivity contribution in [3.05, 3.63) is 46.4 Å². The number of hydrogen-bond donors (Lipinski definition) is 0. The number of carbonyl (C=O) groups excluding carboxylic acids is 1. The Kier molecular flexibility index (Phi) is 3.88. The van der Waals surface area contributed by atoms with Crippen LogP contribution in [0, 0.1) is 0 Å². The fourth-order valence-electron chi connectivity index (χ4n) is 1.60. The Hall–Kier alpha value is -1.68. The topological polar surface area (TPSA) is 39.2 Å². The molecule has 2 rings (SSSR count). The third kappa shape index (κ3) is 2.91. The van der Waals surface area contributed by atoms with Crippen molar-refractivity contribution in [2.75, 3.05) is 7.11 Å². The number of Topliss-reactive ketones (excluding diaryl/α,β-unsaturated/α-hetero) is 1. The SMILES string of the molecule is COc1cnccc1C(=O)CCc1ccsc1. The minimum Gasteiger partial charge on any atom is -0.494 e. The van der Waals surface area contributed by atoms with E-state index in [0.29, 0.717) is 17.7 Å². The molecule has 0 fully saturated rings. The van der Waals surface area contributed by atoms with Crippen LogP contribution in [-0.2, 0) is 6.42 Å². The highest BCUT2D eigenvalue weighted by Crippen LogP contribution is 2.19. The molecular formula is C13H13NO2S. The van der Waals surface area contributed by atoms with Gasteiger partial charge >= 0.3 is 0 Å². The lowest BCUT2D eigenvalue weighted by Gasteiger charge is -2.05. The van der Waals surface area contributed by atoms with Gasteiger partial charge in [0.15, 0.2) is 5.78 Å². The van der Waals surface area contributed by atoms with E-state index in [4.69, 9.17) is 4.74 Å². The summed E-state index contributed by atoms with van der Waals surface area (Å²) in [4.78, 5) is 15.9. The maximum atomic E-state index is 12.0. The van der Waals surface area contributed by atoms with Crippen molar-refractivity contribution in [3.63, 3.8) is 0 Å². The number of rotatable bonds is 5. The molecule has 0 spiro atoms. The monoisotopic (exact) mass is 247 g/mol. The fraction of sp³-hybridized carbons (Fsp3) is 0.231. The van der Waals surface area contributed by atoms with Gasteiger partial charge in [0.05, 0.1) is 18.9 Å². The second kappa shape index (κ2) is 5.59. The number of methoxy groups -OCH3 is 1. The Balaban J connectivity index is 2.04. The van der Waals surface area contributed by atoms with Crippen molar-refractivity contribution in [2.45, 2.75) is 12.8 Å². The molecule has 0 radical (unpaired) electrons. The molecule has 0 aliphatic rings. The van der Waals surface area contributed by atoms with Crippen LogP contribution in [0.15, 0.2) is 35.3 Å². The standard InChI is InChI=1S/C13H13NO2S/c1-16-13-8-14-6-4-11(13)12(15)3-2-10-5-7-17-9-10/h4-9H,2-3H2,1H3. The molecular weight excluding hydrogens is 234 g/mol. The molecule has 0 aromatic carbocycles. The van der Waals surface area contributed by atoms with Crippen LogP contribution >= 0.6 is 11.3 Å². The lowest BCUT2D eigenvalue weighted by atomic mass is 10.0. The summed E-state index contributed by atoms with van der Waals surface area (Å²) in [7, 11) is 1.55. The first-order valence-corrected chi connectivity index (χ1v) is 6.28. The van der Waals surface area contributed by atoms with E-state index >= 15 is 0 Å². The third-order valence-corrected chi connectivity index (χ3v) is 3.26. The van der Waals surface area contributed by atoms with E-state index in [-0.39, 0.29) is 5.78 Å². The zero-order valence-electron chi connectivity index (χ0n) is 9.55. The van der Waals surface area contributed by atoms with Crippen LogP contribution in [0.3, 0.4) is 0 Å². The molecule has 2 aromatic rings. The van der Waals surface area contributed by atoms with Crippen LogP contribution in [0.2, 0.25) is 0 Å². The molecule has 0 saturated carbocycles. The van der Waals surface area contributed by atoms with Crippen molar-refractivity contribution < 1.29 is 9.53 Å². The van der Waals surface area contributed by atoms with E-state index < -0.39 is 0 Å². The number of thiophene rings is 1. The molecule has 0 amide bonds. The number of carbonyl (C=O) groups is 1. The maximum absolute atomic E-state index is 12.0. The summed E-state index contributed by atoms with van der Waals surface area (Å²) in [5, 5.41) is 4.09. The first-order valence-electron chi connectivity index (χ1n) is 5.33. The lowest BCUT2D eigenvalue weighted by molar-refractivity contribution is 0.0980. The normalized spacial score (nSPS) is 10.2. The van der Waals surface area contributed by atoms with Crippen molar-refractivity contribution in [1.82, 2.24) is 4.98 Å². The minimum atomic E-state index is 0.0930. The highest BCUT2D eigenvalue weighted by Gasteiger charge is 2.11. The largest absolute Gasteiger partial charge is 0.494 e. The van der Waals surface area contributed by atoms with Gasteiger partial charge in [0.1, 0.15) is 5.75 Å². The summed E-state index contributed by atoms with van der Waals surface area (Å²) in [5.41, 5.74) is 1.81. The summed E-state index contributed by atoms with van der Waals surface area (Å²) in [5.74, 6) is 0.637. The highest BCUT2D eigenvalue weighted by atomic mass is 32.1. The first kappa shape index (κ1) is 11.8. The van der Waals surface area contributed by atoms with Crippen molar-refractivity contribution in [2.24, 2.45) is 0 Å². The van der Waals surface area contributed by atoms with Crippen molar-refractivity contribution in [1.29, 1.82) is 0 Å². The number of aryl methyl sites for hydroxylation is 1. The number of pyridine rings is 1. The number of ketones is 1. The summed E-state index contributed by atoms with van der Waals surface area (Å²) >= 11 is 1.65. The molecule has 4 heteroatoms. The third-order valence-electron chi connectivity index (χ3n) is 2.53. The molecule has 0 atom stereocenters. The predicted molar refractivity (Wildman–Crippen MR) is 67.8 cm³/mol. The zero-order valence-corrected chi connectivity index (χ0v) is 10.4. The smallest absolute Gasteiger partial charge is 0.167 e. The number of ether oxygens (including phenoxy) is 1. The molecule has 0 N–H and O–H groups in total. The molecule has 3 nitrogen and oxygen atoms in total. The number of hydrogen-bond acceptors (Lipinski definition) is 4. The summed E-state index contributed by atoms with van der Waals surface area (Å²) in [6, 6.07) is 3.75. The van der Waals surface area contributed by atoms with Crippen LogP contribution in [0.5, 0.6) is 5.75 Å². The van der Waals surface area contributed by atoms with Gasteiger partial charge in [-0.2, -0.15) is 11.3 Å². The first-order chi connectivity index (χ1) is 8.31. The zero-order chi connectivity index (χ0) is 12.1. The van der Waals surface area contributed by atoms with Gasteiger partial charge in [-0.3, -0.25) is 9.78 Å². The van der Waals surface area contributed by atoms with Gasteiger partial charge in [0.25, 0.3) is 0 Å². The average molecular weight is 247 g/mol. The van der Waals surface area contributed by atoms with E-state index in [1.54, 1.807) is 36.9 Å². The molecule has 0 bridgehead atoms. The van der Waals surface area contributed by atoms with Gasteiger partial charge in [0.2, 0.25) is 0 Å². The molecule has 2 heterocycles. The highest BCUT2D eigenvalue weighted by molar-refractivity contribution is 7.07. The van der Waals surface area contributed by atoms with Gasteiger partial charge < -0.3 is 4.74 Å². The second-order valence-corrected chi connectivity index (χ2v) is 4.41. The Bertz CT molecular complexity index is 494. The molecule has 17 heavy (non-hydrogen) atoms. The van der Waals surface area contributed by atoms with E-state index in [1.807, 2.05) is 11.4 Å². The van der Waals surface area contributed by atoms with Gasteiger partial charge in [0, 0.05) is 12.6 Å². The minimum absolute atomic E-state index is 0.0930. The Labute approximate surface area is 104 Å². The molecule has 2 aromatic heterocycles. The van der Waals surface area contributed by atoms with Crippen LogP contribution in [0.1, 0.15) is 22.3 Å². The number of aromatic nitrogens is 1. The van der Waals surface area contributed by atoms with E-state index in [2.05, 4.69) is 10.4 Å². The Morgan fingerprint density at radius 3 is 3.06 bits per heavy atom. The van der Waals surface area contributed by atoms with E-state index in [9.17, 15) is 4.79 Å². The van der Waals surface area contributed by atoms with Crippen LogP contribution < -0.4 is 4.74 Å². The van der Waals surface area contributed by atoms with Crippen LogP contribution in [0.25, 0.3) is 0 Å². The second-order valence-electron chi connectivity index (χ2n) is 3.63. The van der Waals surface area contributed by atoms with Gasteiger partial charge in [-0.15, -0.1) is 0 Å². The van der Waals surface area contributed by atoms with Gasteiger partial charge in [-0.1, -0.05) is 0 Å². The number of nitrogens with zero attached hydrogens (tertiary/aromatic N) is 1. The average Bonchev–Trinajstić information content (AvgIpc) is 2.89. The van der Waals surface area contributed by atoms with Gasteiger partial charge in [-0.25, -0.2) is 0 Å². The maximum Gasteiger partial charge on any atom is 0.167 e. The van der Waals surface area contributed by atoms with E-state index in [1.165, 1.54) is 5.56 Å². The summed E-state index contributed by atoms with van der Waals surface area (Å²) in [6.07, 6.45) is 4.45. The van der Waals surface area contributed by atoms with Crippen LogP contribution in [0.4, 0.5) is 0 Å². The van der Waals surface area contributed by atoms with Crippen LogP contribution in [-0.4, -0.2) is 17.9 Å². The lowest BCUT2D eigenvalue weighted by Crippen LogP contribution is -2.03. The molecule has 0 aliphatic heterocycles. The Morgan fingerprint density at radius 2 is 2.35 bits per heavy atom. The Morgan fingerprint density at radius 1 is 1.47 bits per heavy atom. The fourth-order valence-corrected chi connectivity index (χ4v) is 2.30. The van der Waals surface area contributed by atoms with Crippen molar-refractivity contribution >= 4 is 17.1 Å². The quantitative estimate of drug-likeness (QED) is 0.762. The molecule has 0 unspecified atom stereocenters. The van der Waals surface area contributed by atoms with E-state index in [0.717, 1.165) is 6.42 Å². The molecule has 0 saturated heterocycles. The predicted octanol–water partition coefficient (Wildman–Crippen LogP) is 2.97. The summed E-state index contributed by atoms with van der Waals surface area (Å²) in [6.45, 7) is 0. The molecule has 88 valence electrons. The van der Waals surface area contributed by atoms with Gasteiger partial charge in [-0.05, 0) is 34.9 Å². The summed E-state index contributed by atoms with van der Waals surface area (Å²) < 4.78 is 5.12. The van der Waals surface area contributed by atoms with Crippen molar-refractivity contribution in [3.8, 4) is 5.75 Å².